The van der Waals surface area contributed by atoms with Crippen LogP contribution >= 0.6 is 0 Å². The molecule has 35 heavy (non-hydrogen) atoms. The van der Waals surface area contributed by atoms with Crippen LogP contribution in [0.5, 0.6) is 0 Å². The second-order valence-corrected chi connectivity index (χ2v) is 7.54. The van der Waals surface area contributed by atoms with Gasteiger partial charge in [0.15, 0.2) is 11.6 Å². The van der Waals surface area contributed by atoms with Gasteiger partial charge in [0, 0.05) is 34.9 Å². The van der Waals surface area contributed by atoms with E-state index in [1.165, 1.54) is 36.4 Å². The third-order valence-electron chi connectivity index (χ3n) is 5.20. The largest absolute Gasteiger partial charge is 0.416 e. The van der Waals surface area contributed by atoms with Crippen molar-refractivity contribution in [3.05, 3.63) is 126 Å². The zero-order chi connectivity index (χ0) is 25.0. The van der Waals surface area contributed by atoms with E-state index in [-0.39, 0.29) is 5.56 Å². The van der Waals surface area contributed by atoms with Gasteiger partial charge >= 0.3 is 6.18 Å². The molecule has 0 unspecified atom stereocenters. The third-order valence-corrected chi connectivity index (χ3v) is 5.20. The third kappa shape index (κ3) is 5.60. The van der Waals surface area contributed by atoms with Gasteiger partial charge in [0.25, 0.3) is 0 Å². The minimum atomic E-state index is -4.51. The maximum atomic E-state index is 13.9. The summed E-state index contributed by atoms with van der Waals surface area (Å²) in [6, 6.07) is 14.6. The summed E-state index contributed by atoms with van der Waals surface area (Å²) >= 11 is 0. The monoisotopic (exact) mass is 480 g/mol. The van der Waals surface area contributed by atoms with Crippen molar-refractivity contribution in [1.82, 2.24) is 4.98 Å². The molecule has 0 bridgehead atoms. The lowest BCUT2D eigenvalue weighted by atomic mass is 9.96. The number of carbonyl (C=O) groups excluding carboxylic acids is 1. The fourth-order valence-electron chi connectivity index (χ4n) is 3.50. The first kappa shape index (κ1) is 23.8. The van der Waals surface area contributed by atoms with Crippen molar-refractivity contribution in [3.63, 3.8) is 0 Å². The van der Waals surface area contributed by atoms with Gasteiger partial charge in [0.2, 0.25) is 5.91 Å². The Morgan fingerprint density at radius 2 is 1.63 bits per heavy atom. The maximum Gasteiger partial charge on any atom is 0.416 e. The molecule has 0 aliphatic rings. The number of hydrogen-bond donors (Lipinski definition) is 1. The van der Waals surface area contributed by atoms with Crippen molar-refractivity contribution in [2.24, 2.45) is 0 Å². The highest BCUT2D eigenvalue weighted by Crippen LogP contribution is 2.32. The maximum absolute atomic E-state index is 13.9. The summed E-state index contributed by atoms with van der Waals surface area (Å²) in [6.45, 7) is 0. The Morgan fingerprint density at radius 3 is 2.34 bits per heavy atom. The molecule has 0 radical (unpaired) electrons. The van der Waals surface area contributed by atoms with Gasteiger partial charge in [-0.05, 0) is 53.1 Å². The number of fused-ring (bicyclic) bond motifs is 1. The SMILES string of the molecule is O=C(/C=C/C=C(/c1ccc(C(F)(F)F)cc1)c1ccc(F)c(F)c1)Nc1cccc2cnccc12. The van der Waals surface area contributed by atoms with Crippen LogP contribution in [0.4, 0.5) is 27.6 Å². The van der Waals surface area contributed by atoms with E-state index in [9.17, 15) is 26.7 Å². The standard InChI is InChI=1S/C27H17F5N2O/c28-23-12-9-18(15-24(23)29)21(17-7-10-20(11-8-17)27(30,31)32)4-2-6-26(35)34-25-5-1-3-19-16-33-14-13-22(19)25/h1-16H,(H,34,35)/b6-2+,21-4-. The zero-order valence-corrected chi connectivity index (χ0v) is 18.0. The van der Waals surface area contributed by atoms with Gasteiger partial charge in [0.05, 0.1) is 5.56 Å². The summed E-state index contributed by atoms with van der Waals surface area (Å²) in [5.41, 5.74) is 0.599. The number of pyridine rings is 1. The number of allylic oxidation sites excluding steroid dienone is 2. The number of hydrogen-bond acceptors (Lipinski definition) is 2. The van der Waals surface area contributed by atoms with Crippen molar-refractivity contribution in [3.8, 4) is 0 Å². The van der Waals surface area contributed by atoms with E-state index in [1.54, 1.807) is 30.6 Å². The molecule has 3 aromatic carbocycles. The number of rotatable bonds is 5. The molecule has 4 aromatic rings. The average Bonchev–Trinajstić information content (AvgIpc) is 2.83. The minimum Gasteiger partial charge on any atom is -0.322 e. The Hall–Kier alpha value is -4.33. The number of anilines is 1. The second-order valence-electron chi connectivity index (χ2n) is 7.54. The molecule has 0 atom stereocenters. The van der Waals surface area contributed by atoms with Crippen LogP contribution in [0, 0.1) is 11.6 Å². The Morgan fingerprint density at radius 1 is 0.886 bits per heavy atom. The first-order chi connectivity index (χ1) is 16.7. The Kier molecular flexibility index (Phi) is 6.73. The summed E-state index contributed by atoms with van der Waals surface area (Å²) in [5, 5.41) is 4.40. The lowest BCUT2D eigenvalue weighted by molar-refractivity contribution is -0.137. The number of carbonyl (C=O) groups is 1. The molecule has 1 N–H and O–H groups in total. The van der Waals surface area contributed by atoms with Crippen LogP contribution in [0.25, 0.3) is 16.3 Å². The van der Waals surface area contributed by atoms with Gasteiger partial charge in [0.1, 0.15) is 0 Å². The number of nitrogens with one attached hydrogen (secondary N) is 1. The van der Waals surface area contributed by atoms with E-state index in [4.69, 9.17) is 0 Å². The van der Waals surface area contributed by atoms with Crippen molar-refractivity contribution in [1.29, 1.82) is 0 Å². The van der Waals surface area contributed by atoms with Crippen molar-refractivity contribution >= 4 is 27.9 Å². The number of amides is 1. The summed E-state index contributed by atoms with van der Waals surface area (Å²) in [7, 11) is 0. The molecule has 0 saturated heterocycles. The van der Waals surface area contributed by atoms with Gasteiger partial charge in [-0.25, -0.2) is 8.78 Å². The summed E-state index contributed by atoms with van der Waals surface area (Å²) in [6.07, 6.45) is 2.82. The topological polar surface area (TPSA) is 42.0 Å². The average molecular weight is 480 g/mol. The molecule has 1 aromatic heterocycles. The molecular weight excluding hydrogens is 463 g/mol. The fraction of sp³-hybridized carbons (Fsp3) is 0.0370. The molecule has 1 amide bonds. The summed E-state index contributed by atoms with van der Waals surface area (Å²) in [5.74, 6) is -2.61. The van der Waals surface area contributed by atoms with E-state index in [2.05, 4.69) is 10.3 Å². The lowest BCUT2D eigenvalue weighted by Crippen LogP contribution is -2.08. The molecule has 8 heteroatoms. The van der Waals surface area contributed by atoms with E-state index in [1.807, 2.05) is 6.07 Å². The summed E-state index contributed by atoms with van der Waals surface area (Å²) < 4.78 is 66.1. The molecule has 3 nitrogen and oxygen atoms in total. The van der Waals surface area contributed by atoms with Gasteiger partial charge in [-0.2, -0.15) is 13.2 Å². The molecule has 0 aliphatic heterocycles. The van der Waals surface area contributed by atoms with Crippen molar-refractivity contribution in [2.45, 2.75) is 6.18 Å². The molecule has 0 spiro atoms. The minimum absolute atomic E-state index is 0.232. The normalized spacial score (nSPS) is 12.3. The van der Waals surface area contributed by atoms with Crippen LogP contribution in [0.2, 0.25) is 0 Å². The molecular formula is C27H17F5N2O. The van der Waals surface area contributed by atoms with Gasteiger partial charge in [-0.15, -0.1) is 0 Å². The molecule has 1 heterocycles. The van der Waals surface area contributed by atoms with Gasteiger partial charge < -0.3 is 5.32 Å². The number of benzene rings is 3. The van der Waals surface area contributed by atoms with Crippen LogP contribution in [0.1, 0.15) is 16.7 Å². The number of nitrogens with zero attached hydrogens (tertiary/aromatic N) is 1. The zero-order valence-electron chi connectivity index (χ0n) is 18.0. The summed E-state index contributed by atoms with van der Waals surface area (Å²) in [4.78, 5) is 16.5. The van der Waals surface area contributed by atoms with E-state index in [0.29, 0.717) is 16.8 Å². The van der Waals surface area contributed by atoms with Crippen molar-refractivity contribution < 1.29 is 26.7 Å². The Bertz CT molecular complexity index is 1440. The van der Waals surface area contributed by atoms with E-state index >= 15 is 0 Å². The lowest BCUT2D eigenvalue weighted by Gasteiger charge is -2.11. The highest BCUT2D eigenvalue weighted by Gasteiger charge is 2.30. The van der Waals surface area contributed by atoms with Crippen LogP contribution < -0.4 is 5.32 Å². The fourth-order valence-corrected chi connectivity index (χ4v) is 3.50. The Labute approximate surface area is 197 Å². The van der Waals surface area contributed by atoms with Gasteiger partial charge in [-0.1, -0.05) is 42.5 Å². The molecule has 176 valence electrons. The Balaban J connectivity index is 1.63. The van der Waals surface area contributed by atoms with Gasteiger partial charge in [-0.3, -0.25) is 9.78 Å². The predicted octanol–water partition coefficient (Wildman–Crippen LogP) is 7.16. The quantitative estimate of drug-likeness (QED) is 0.187. The first-order valence-electron chi connectivity index (χ1n) is 10.4. The predicted molar refractivity (Wildman–Crippen MR) is 124 cm³/mol. The van der Waals surface area contributed by atoms with E-state index in [0.717, 1.165) is 35.0 Å². The molecule has 0 aliphatic carbocycles. The highest BCUT2D eigenvalue weighted by molar-refractivity contribution is 6.06. The number of alkyl halides is 3. The van der Waals surface area contributed by atoms with Crippen LogP contribution in [-0.4, -0.2) is 10.9 Å². The van der Waals surface area contributed by atoms with Crippen molar-refractivity contribution in [2.75, 3.05) is 5.32 Å². The number of aromatic nitrogens is 1. The molecule has 0 saturated carbocycles. The van der Waals surface area contributed by atoms with E-state index < -0.39 is 29.3 Å². The highest BCUT2D eigenvalue weighted by atomic mass is 19.4. The second kappa shape index (κ2) is 9.89. The van der Waals surface area contributed by atoms with Crippen LogP contribution in [0.3, 0.4) is 0 Å². The smallest absolute Gasteiger partial charge is 0.322 e. The van der Waals surface area contributed by atoms with Crippen LogP contribution in [0.15, 0.2) is 97.4 Å². The molecule has 0 fully saturated rings. The first-order valence-corrected chi connectivity index (χ1v) is 10.4. The molecule has 4 rings (SSSR count). The number of halogens is 5. The van der Waals surface area contributed by atoms with Crippen LogP contribution in [-0.2, 0) is 11.0 Å².